The molecule has 0 saturated heterocycles. The van der Waals surface area contributed by atoms with Crippen LogP contribution < -0.4 is 15.4 Å². The van der Waals surface area contributed by atoms with Gasteiger partial charge in [-0.05, 0) is 30.5 Å². The van der Waals surface area contributed by atoms with Crippen molar-refractivity contribution in [3.8, 4) is 5.75 Å². The molecule has 4 aromatic rings. The van der Waals surface area contributed by atoms with E-state index >= 15 is 0 Å². The van der Waals surface area contributed by atoms with Gasteiger partial charge in [-0.2, -0.15) is 4.31 Å². The monoisotopic (exact) mass is 620 g/mol. The molecule has 0 aliphatic carbocycles. The highest BCUT2D eigenvalue weighted by molar-refractivity contribution is 7.89. The number of aryl methyl sites for hydroxylation is 1. The Balaban J connectivity index is 1.48. The lowest BCUT2D eigenvalue weighted by Crippen LogP contribution is -2.50. The molecule has 3 N–H and O–H groups in total. The number of likely N-dealkylation sites (N-methyl/N-ethyl adjacent to an activating group) is 1. The quantitative estimate of drug-likeness (QED) is 0.272. The van der Waals surface area contributed by atoms with Crippen molar-refractivity contribution in [1.29, 1.82) is 0 Å². The highest BCUT2D eigenvalue weighted by Crippen LogP contribution is 2.35. The molecule has 44 heavy (non-hydrogen) atoms. The van der Waals surface area contributed by atoms with Gasteiger partial charge in [-0.15, -0.1) is 0 Å². The molecule has 0 fully saturated rings. The topological polar surface area (TPSA) is 146 Å². The number of carbonyl (C=O) groups excluding carboxylic acids is 2. The van der Waals surface area contributed by atoms with Crippen LogP contribution in [0.4, 0.5) is 16.2 Å². The predicted octanol–water partition coefficient (Wildman–Crippen LogP) is 3.76. The zero-order valence-corrected chi connectivity index (χ0v) is 25.8. The molecule has 1 aliphatic heterocycles. The Hall–Kier alpha value is -4.46. The van der Waals surface area contributed by atoms with Crippen molar-refractivity contribution >= 4 is 44.1 Å². The number of benzene rings is 3. The second-order valence-electron chi connectivity index (χ2n) is 11.1. The number of aromatic nitrogens is 2. The number of aliphatic hydroxyl groups excluding tert-OH is 1. The molecule has 3 aromatic carbocycles. The first-order valence-electron chi connectivity index (χ1n) is 14.2. The molecular weight excluding hydrogens is 584 g/mol. The van der Waals surface area contributed by atoms with E-state index in [4.69, 9.17) is 4.74 Å². The maximum absolute atomic E-state index is 13.8. The summed E-state index contributed by atoms with van der Waals surface area (Å²) in [5, 5.41) is 17.4. The Kier molecular flexibility index (Phi) is 8.90. The number of nitrogens with one attached hydrogen (secondary N) is 2. The van der Waals surface area contributed by atoms with Gasteiger partial charge in [0.15, 0.2) is 10.8 Å². The van der Waals surface area contributed by atoms with Crippen molar-refractivity contribution in [2.75, 3.05) is 37.4 Å². The molecule has 232 valence electrons. The predicted molar refractivity (Wildman–Crippen MR) is 167 cm³/mol. The zero-order chi connectivity index (χ0) is 31.6. The molecule has 0 bridgehead atoms. The van der Waals surface area contributed by atoms with E-state index in [1.165, 1.54) is 23.9 Å². The molecule has 0 spiro atoms. The van der Waals surface area contributed by atoms with Crippen LogP contribution in [0.2, 0.25) is 0 Å². The van der Waals surface area contributed by atoms with Crippen LogP contribution in [-0.2, 0) is 17.1 Å². The number of rotatable bonds is 8. The van der Waals surface area contributed by atoms with Crippen LogP contribution in [0.3, 0.4) is 0 Å². The number of hydrogen-bond acceptors (Lipinski definition) is 7. The third kappa shape index (κ3) is 6.25. The van der Waals surface area contributed by atoms with Gasteiger partial charge >= 0.3 is 6.03 Å². The highest BCUT2D eigenvalue weighted by atomic mass is 32.2. The fraction of sp³-hybridized carbons (Fsp3) is 0.323. The first-order chi connectivity index (χ1) is 21.0. The minimum atomic E-state index is -3.95. The summed E-state index contributed by atoms with van der Waals surface area (Å²) in [6.07, 6.45) is 2.10. The number of imidazole rings is 1. The number of fused-ring (bicyclic) bond motifs is 2. The van der Waals surface area contributed by atoms with Gasteiger partial charge in [-0.1, -0.05) is 49.4 Å². The largest absolute Gasteiger partial charge is 0.486 e. The van der Waals surface area contributed by atoms with Crippen molar-refractivity contribution in [2.24, 2.45) is 13.0 Å². The van der Waals surface area contributed by atoms with Crippen LogP contribution >= 0.6 is 0 Å². The van der Waals surface area contributed by atoms with Gasteiger partial charge in [0, 0.05) is 38.1 Å². The summed E-state index contributed by atoms with van der Waals surface area (Å²) in [4.78, 5) is 32.6. The van der Waals surface area contributed by atoms with Gasteiger partial charge in [0.2, 0.25) is 0 Å². The molecule has 3 amide bonds. The van der Waals surface area contributed by atoms with Crippen molar-refractivity contribution in [3.63, 3.8) is 0 Å². The minimum Gasteiger partial charge on any atom is -0.486 e. The second kappa shape index (κ2) is 12.6. The molecule has 13 heteroatoms. The van der Waals surface area contributed by atoms with Gasteiger partial charge in [-0.25, -0.2) is 18.2 Å². The van der Waals surface area contributed by atoms with E-state index in [2.05, 4.69) is 15.6 Å². The summed E-state index contributed by atoms with van der Waals surface area (Å²) < 4.78 is 35.8. The molecule has 1 aliphatic rings. The van der Waals surface area contributed by atoms with E-state index in [9.17, 15) is 23.1 Å². The maximum Gasteiger partial charge on any atom is 0.323 e. The van der Waals surface area contributed by atoms with Crippen LogP contribution in [0.15, 0.2) is 78.2 Å². The number of nitrogens with zero attached hydrogens (tertiary/aromatic N) is 4. The number of hydrogen-bond donors (Lipinski definition) is 3. The number of sulfonamides is 1. The van der Waals surface area contributed by atoms with E-state index in [1.54, 1.807) is 47.7 Å². The first-order valence-corrected chi connectivity index (χ1v) is 15.6. The van der Waals surface area contributed by atoms with Gasteiger partial charge in [-0.3, -0.25) is 4.79 Å². The Labute approximate surface area is 256 Å². The molecule has 0 saturated carbocycles. The number of ether oxygens (including phenoxy) is 1. The third-order valence-corrected chi connectivity index (χ3v) is 9.48. The minimum absolute atomic E-state index is 0.0639. The van der Waals surface area contributed by atoms with Gasteiger partial charge < -0.3 is 29.9 Å². The standard InChI is InChI=1S/C31H36N6O6S/c1-20-15-37(21(2)18-38)30(39)24-12-8-14-26(34-31(40)33-25-13-7-10-22-9-5-6-11-23(22)25)29(24)43-27(20)16-36(4)44(41,42)28-17-35(3)19-32-28/h5-14,17,19-21,27,38H,15-16,18H2,1-4H3,(H2,33,34,40)/t20-,21+,27-/m0/s1. The van der Waals surface area contributed by atoms with Crippen LogP contribution in [-0.4, -0.2) is 83.1 Å². The summed E-state index contributed by atoms with van der Waals surface area (Å²) in [6.45, 7) is 3.47. The van der Waals surface area contributed by atoms with E-state index < -0.39 is 28.2 Å². The summed E-state index contributed by atoms with van der Waals surface area (Å²) in [6, 6.07) is 17.0. The number of amides is 3. The lowest BCUT2D eigenvalue weighted by Gasteiger charge is -2.38. The van der Waals surface area contributed by atoms with E-state index in [-0.39, 0.29) is 53.5 Å². The summed E-state index contributed by atoms with van der Waals surface area (Å²) >= 11 is 0. The van der Waals surface area contributed by atoms with E-state index in [1.807, 2.05) is 43.3 Å². The molecule has 12 nitrogen and oxygen atoms in total. The SMILES string of the molecule is C[C@H](CO)N1C[C@H](C)[C@H](CN(C)S(=O)(=O)c2cn(C)cn2)Oc2c(NC(=O)Nc3cccc4ccccc34)cccc2C1=O. The summed E-state index contributed by atoms with van der Waals surface area (Å²) in [7, 11) is -0.818. The molecule has 5 rings (SSSR count). The van der Waals surface area contributed by atoms with Crippen molar-refractivity contribution < 1.29 is 27.9 Å². The van der Waals surface area contributed by atoms with Crippen LogP contribution in [0.1, 0.15) is 24.2 Å². The van der Waals surface area contributed by atoms with Gasteiger partial charge in [0.1, 0.15) is 6.10 Å². The average molecular weight is 621 g/mol. The molecule has 3 atom stereocenters. The Morgan fingerprint density at radius 1 is 1.11 bits per heavy atom. The number of carbonyl (C=O) groups is 2. The lowest BCUT2D eigenvalue weighted by atomic mass is 9.99. The first kappa shape index (κ1) is 31.0. The highest BCUT2D eigenvalue weighted by Gasteiger charge is 2.36. The smallest absolute Gasteiger partial charge is 0.323 e. The number of para-hydroxylation sites is 1. The fourth-order valence-corrected chi connectivity index (χ4v) is 6.35. The Morgan fingerprint density at radius 3 is 2.52 bits per heavy atom. The molecule has 0 unspecified atom stereocenters. The van der Waals surface area contributed by atoms with Crippen LogP contribution in [0.5, 0.6) is 5.75 Å². The molecule has 0 radical (unpaired) electrons. The average Bonchev–Trinajstić information content (AvgIpc) is 3.46. The van der Waals surface area contributed by atoms with Crippen molar-refractivity contribution in [1.82, 2.24) is 18.8 Å². The van der Waals surface area contributed by atoms with E-state index in [0.717, 1.165) is 10.8 Å². The lowest BCUT2D eigenvalue weighted by molar-refractivity contribution is 0.0389. The second-order valence-corrected chi connectivity index (χ2v) is 13.1. The molecule has 2 heterocycles. The summed E-state index contributed by atoms with van der Waals surface area (Å²) in [5.74, 6) is -0.625. The third-order valence-electron chi connectivity index (χ3n) is 7.77. The fourth-order valence-electron chi connectivity index (χ4n) is 5.20. The van der Waals surface area contributed by atoms with Gasteiger partial charge in [0.05, 0.1) is 42.5 Å². The summed E-state index contributed by atoms with van der Waals surface area (Å²) in [5.41, 5.74) is 1.02. The number of urea groups is 1. The molecular formula is C31H36N6O6S. The Morgan fingerprint density at radius 2 is 1.80 bits per heavy atom. The van der Waals surface area contributed by atoms with Crippen LogP contribution in [0, 0.1) is 5.92 Å². The normalized spacial score (nSPS) is 17.9. The van der Waals surface area contributed by atoms with Crippen LogP contribution in [0.25, 0.3) is 10.8 Å². The maximum atomic E-state index is 13.8. The van der Waals surface area contributed by atoms with Crippen molar-refractivity contribution in [3.05, 3.63) is 78.8 Å². The van der Waals surface area contributed by atoms with Gasteiger partial charge in [0.25, 0.3) is 15.9 Å². The number of anilines is 2. The number of aliphatic hydroxyl groups is 1. The Bertz CT molecular complexity index is 1790. The zero-order valence-electron chi connectivity index (χ0n) is 25.0. The van der Waals surface area contributed by atoms with E-state index in [0.29, 0.717) is 5.69 Å². The van der Waals surface area contributed by atoms with Crippen molar-refractivity contribution in [2.45, 2.75) is 31.0 Å². The molecule has 1 aromatic heterocycles.